The van der Waals surface area contributed by atoms with E-state index in [4.69, 9.17) is 30.6 Å². The fourth-order valence-corrected chi connectivity index (χ4v) is 4.59. The van der Waals surface area contributed by atoms with Gasteiger partial charge in [-0.2, -0.15) is 18.7 Å². The molecule has 0 bridgehead atoms. The average molecular weight is 781 g/mol. The molecule has 0 heterocycles. The van der Waals surface area contributed by atoms with Gasteiger partial charge in [0.05, 0.1) is 13.1 Å². The summed E-state index contributed by atoms with van der Waals surface area (Å²) in [5.74, 6) is 12.3. The molecule has 0 radical (unpaired) electrons. The van der Waals surface area contributed by atoms with Crippen LogP contribution in [0.25, 0.3) is 0 Å². The van der Waals surface area contributed by atoms with Gasteiger partial charge < -0.3 is 15.2 Å². The molecule has 53 heavy (non-hydrogen) atoms. The number of anilines is 2. The van der Waals surface area contributed by atoms with Crippen LogP contribution in [0.3, 0.4) is 0 Å². The number of hydrogen-bond donors (Lipinski definition) is 2. The third-order valence-corrected chi connectivity index (χ3v) is 7.06. The maximum Gasteiger partial charge on any atom is 0.411 e. The fourth-order valence-electron chi connectivity index (χ4n) is 3.64. The van der Waals surface area contributed by atoms with E-state index in [1.54, 1.807) is 26.2 Å². The van der Waals surface area contributed by atoms with Crippen LogP contribution in [0.1, 0.15) is 22.3 Å². The molecule has 15 heteroatoms. The number of benzene rings is 4. The monoisotopic (exact) mass is 780 g/mol. The number of hydrogen-bond acceptors (Lipinski definition) is 11. The van der Waals surface area contributed by atoms with Gasteiger partial charge in [-0.15, -0.1) is 0 Å². The molecule has 4 aromatic carbocycles. The summed E-state index contributed by atoms with van der Waals surface area (Å²) < 4.78 is 40.4. The van der Waals surface area contributed by atoms with Gasteiger partial charge in [-0.25, -0.2) is 18.0 Å². The van der Waals surface area contributed by atoms with Gasteiger partial charge >= 0.3 is 11.5 Å². The first kappa shape index (κ1) is 44.1. The highest BCUT2D eigenvalue weighted by atomic mass is 35.5. The zero-order valence-corrected chi connectivity index (χ0v) is 32.0. The molecule has 0 aromatic heterocycles. The van der Waals surface area contributed by atoms with E-state index in [9.17, 15) is 18.0 Å². The number of carbonyl (C=O) groups is 2. The lowest BCUT2D eigenvalue weighted by molar-refractivity contribution is -0.0285. The Hall–Kier alpha value is -5.03. The minimum atomic E-state index is -1.40. The number of likely N-dealkylation sites (N-methyl/N-ethyl adjacent to an activating group) is 2. The van der Waals surface area contributed by atoms with E-state index < -0.39 is 33.7 Å². The summed E-state index contributed by atoms with van der Waals surface area (Å²) in [7, 11) is 3.18. The molecule has 4 aromatic rings. The SMILES string of the molecule is CN(CCOC(=O)Cl)OS(C)=O.CN(CCOC(=O)Nc1ccc(C#Cc2ccccc2)cc1)OS(C)=O.Nc1ccc(C#Cc2ccccc2)cc1. The molecule has 0 spiro atoms. The van der Waals surface area contributed by atoms with E-state index in [2.05, 4.69) is 33.7 Å². The highest BCUT2D eigenvalue weighted by Gasteiger charge is 2.06. The number of ether oxygens (including phenoxy) is 2. The molecule has 1 amide bonds. The molecular weight excluding hydrogens is 740 g/mol. The highest BCUT2D eigenvalue weighted by Crippen LogP contribution is 2.10. The van der Waals surface area contributed by atoms with Crippen molar-refractivity contribution < 1.29 is 36.0 Å². The second kappa shape index (κ2) is 25.8. The molecule has 0 saturated heterocycles. The molecule has 4 rings (SSSR count). The minimum absolute atomic E-state index is 0.107. The molecule has 2 unspecified atom stereocenters. The van der Waals surface area contributed by atoms with E-state index in [1.165, 1.54) is 22.6 Å². The van der Waals surface area contributed by atoms with Gasteiger partial charge in [0.25, 0.3) is 0 Å². The van der Waals surface area contributed by atoms with Crippen LogP contribution in [-0.4, -0.2) is 83.0 Å². The number of halogens is 1. The Morgan fingerprint density at radius 2 is 1.02 bits per heavy atom. The van der Waals surface area contributed by atoms with Crippen LogP contribution in [0.4, 0.5) is 21.0 Å². The highest BCUT2D eigenvalue weighted by molar-refractivity contribution is 7.79. The van der Waals surface area contributed by atoms with E-state index in [-0.39, 0.29) is 13.2 Å². The predicted molar refractivity (Wildman–Crippen MR) is 210 cm³/mol. The van der Waals surface area contributed by atoms with Crippen LogP contribution in [-0.2, 0) is 40.2 Å². The molecule has 280 valence electrons. The van der Waals surface area contributed by atoms with Gasteiger partial charge in [0.2, 0.25) is 0 Å². The van der Waals surface area contributed by atoms with Crippen LogP contribution < -0.4 is 11.1 Å². The minimum Gasteiger partial charge on any atom is -0.452 e. The Morgan fingerprint density at radius 3 is 1.42 bits per heavy atom. The number of amides is 1. The molecule has 3 N–H and O–H groups in total. The van der Waals surface area contributed by atoms with Crippen molar-refractivity contribution in [2.75, 3.05) is 64.0 Å². The van der Waals surface area contributed by atoms with Crippen molar-refractivity contribution in [3.05, 3.63) is 131 Å². The molecule has 0 aliphatic heterocycles. The number of carbonyl (C=O) groups excluding carboxylic acids is 2. The molecule has 0 aliphatic carbocycles. The predicted octanol–water partition coefficient (Wildman–Crippen LogP) is 5.98. The van der Waals surface area contributed by atoms with Gasteiger partial charge in [0.15, 0.2) is 22.2 Å². The van der Waals surface area contributed by atoms with Crippen LogP contribution in [0.5, 0.6) is 0 Å². The Balaban J connectivity index is 0.000000304. The smallest absolute Gasteiger partial charge is 0.411 e. The fraction of sp³-hybridized carbons (Fsp3) is 0.211. The first-order valence-electron chi connectivity index (χ1n) is 15.7. The lowest BCUT2D eigenvalue weighted by atomic mass is 10.2. The average Bonchev–Trinajstić information content (AvgIpc) is 3.12. The Kier molecular flexibility index (Phi) is 21.5. The molecular formula is C38H41ClN4O8S2. The van der Waals surface area contributed by atoms with Crippen LogP contribution in [0.2, 0.25) is 0 Å². The van der Waals surface area contributed by atoms with Crippen molar-refractivity contribution in [3.63, 3.8) is 0 Å². The zero-order valence-electron chi connectivity index (χ0n) is 29.7. The third kappa shape index (κ3) is 22.5. The van der Waals surface area contributed by atoms with Crippen molar-refractivity contribution in [3.8, 4) is 23.7 Å². The lowest BCUT2D eigenvalue weighted by Gasteiger charge is -2.14. The second-order valence-corrected chi connectivity index (χ2v) is 12.6. The standard InChI is InChI=1S/C19H20N2O4S.C14H11N.C5H10ClNO4S/c1-21(25-26(2)23)14-15-24-19(22)20-18-12-10-17(11-13-18)9-8-16-6-4-3-5-7-16;15-14-10-8-13(9-11-14)7-6-12-4-2-1-3-5-12;1-7(11-12(2)9)3-4-10-5(6)8/h3-7,10-13H,14-15H2,1-2H3,(H,20,22);1-5,8-11H,15H2;3-4H2,1-2H3. The van der Waals surface area contributed by atoms with Crippen molar-refractivity contribution in [1.82, 2.24) is 10.1 Å². The Labute approximate surface area is 320 Å². The number of nitrogens with zero attached hydrogens (tertiary/aromatic N) is 2. The maximum atomic E-state index is 11.7. The summed E-state index contributed by atoms with van der Waals surface area (Å²) in [6, 6.07) is 34.3. The van der Waals surface area contributed by atoms with Gasteiger partial charge in [-0.1, -0.05) is 60.1 Å². The first-order valence-corrected chi connectivity index (χ1v) is 19.1. The van der Waals surface area contributed by atoms with Gasteiger partial charge in [0.1, 0.15) is 13.2 Å². The number of nitrogens with two attached hydrogens (primary N) is 1. The first-order chi connectivity index (χ1) is 25.4. The summed E-state index contributed by atoms with van der Waals surface area (Å²) in [6.07, 6.45) is 2.24. The van der Waals surface area contributed by atoms with Crippen LogP contribution in [0.15, 0.2) is 109 Å². The number of rotatable bonds is 11. The quantitative estimate of drug-likeness (QED) is 0.0802. The van der Waals surface area contributed by atoms with E-state index in [1.807, 2.05) is 97.1 Å². The Morgan fingerprint density at radius 1 is 0.642 bits per heavy atom. The summed E-state index contributed by atoms with van der Waals surface area (Å²) in [5.41, 5.74) is 9.89. The molecule has 2 atom stereocenters. The molecule has 12 nitrogen and oxygen atoms in total. The largest absolute Gasteiger partial charge is 0.452 e. The van der Waals surface area contributed by atoms with Gasteiger partial charge in [-0.3, -0.25) is 5.32 Å². The van der Waals surface area contributed by atoms with Gasteiger partial charge in [0, 0.05) is 71.8 Å². The Bertz CT molecular complexity index is 1860. The molecule has 0 fully saturated rings. The number of hydroxylamine groups is 4. The summed E-state index contributed by atoms with van der Waals surface area (Å²) in [5, 5.41) is 5.28. The van der Waals surface area contributed by atoms with E-state index >= 15 is 0 Å². The second-order valence-electron chi connectivity index (χ2n) is 10.4. The summed E-state index contributed by atoms with van der Waals surface area (Å²) in [4.78, 5) is 21.8. The van der Waals surface area contributed by atoms with Crippen molar-refractivity contribution >= 4 is 56.7 Å². The zero-order chi connectivity index (χ0) is 38.8. The topological polar surface area (TPSA) is 150 Å². The van der Waals surface area contributed by atoms with Crippen molar-refractivity contribution in [1.29, 1.82) is 0 Å². The van der Waals surface area contributed by atoms with E-state index in [0.717, 1.165) is 27.9 Å². The lowest BCUT2D eigenvalue weighted by Crippen LogP contribution is -2.26. The molecule has 0 saturated carbocycles. The van der Waals surface area contributed by atoms with Crippen molar-refractivity contribution in [2.45, 2.75) is 0 Å². The molecule has 0 aliphatic rings. The van der Waals surface area contributed by atoms with Crippen LogP contribution >= 0.6 is 11.6 Å². The maximum absolute atomic E-state index is 11.7. The normalized spacial score (nSPS) is 11.1. The van der Waals surface area contributed by atoms with E-state index in [0.29, 0.717) is 18.8 Å². The number of nitrogen functional groups attached to an aromatic ring is 1. The van der Waals surface area contributed by atoms with Crippen LogP contribution in [0, 0.1) is 23.7 Å². The number of nitrogens with one attached hydrogen (secondary N) is 1. The summed E-state index contributed by atoms with van der Waals surface area (Å²) in [6.45, 7) is 0.843. The van der Waals surface area contributed by atoms with Gasteiger partial charge in [-0.05, 0) is 72.8 Å². The third-order valence-electron chi connectivity index (χ3n) is 6.02. The van der Waals surface area contributed by atoms with Crippen molar-refractivity contribution in [2.24, 2.45) is 0 Å². The summed E-state index contributed by atoms with van der Waals surface area (Å²) >= 11 is 2.13.